The van der Waals surface area contributed by atoms with Crippen LogP contribution in [0.5, 0.6) is 5.75 Å². The zero-order valence-electron chi connectivity index (χ0n) is 12.9. The summed E-state index contributed by atoms with van der Waals surface area (Å²) in [7, 11) is 0. The molecule has 8 nitrogen and oxygen atoms in total. The molecule has 0 saturated carbocycles. The lowest BCUT2D eigenvalue weighted by Crippen LogP contribution is -2.47. The number of hydrogen-bond acceptors (Lipinski definition) is 5. The van der Waals surface area contributed by atoms with E-state index in [9.17, 15) is 14.4 Å². The first-order chi connectivity index (χ1) is 11.0. The van der Waals surface area contributed by atoms with Crippen molar-refractivity contribution in [1.82, 2.24) is 15.2 Å². The number of likely N-dealkylation sites (tertiary alicyclic amines) is 1. The van der Waals surface area contributed by atoms with E-state index in [2.05, 4.69) is 10.3 Å². The van der Waals surface area contributed by atoms with Crippen molar-refractivity contribution in [2.24, 2.45) is 5.73 Å². The maximum atomic E-state index is 12.0. The Balaban J connectivity index is 1.93. The number of amides is 3. The Morgan fingerprint density at radius 2 is 2.26 bits per heavy atom. The van der Waals surface area contributed by atoms with Gasteiger partial charge < -0.3 is 20.7 Å². The molecule has 2 rings (SSSR count). The minimum Gasteiger partial charge on any atom is -0.488 e. The first kappa shape index (κ1) is 16.7. The number of primary amides is 1. The Morgan fingerprint density at radius 3 is 2.96 bits per heavy atom. The number of ether oxygens (including phenoxy) is 1. The molecule has 1 aliphatic rings. The van der Waals surface area contributed by atoms with Gasteiger partial charge in [-0.3, -0.25) is 19.4 Å². The number of carbonyl (C=O) groups is 3. The lowest BCUT2D eigenvalue weighted by molar-refractivity contribution is -0.134. The van der Waals surface area contributed by atoms with E-state index in [1.807, 2.05) is 0 Å². The fraction of sp³-hybridized carbons (Fsp3) is 0.467. The van der Waals surface area contributed by atoms with Crippen LogP contribution in [-0.2, 0) is 9.59 Å². The Bertz CT molecular complexity index is 605. The maximum absolute atomic E-state index is 12.0. The zero-order valence-corrected chi connectivity index (χ0v) is 12.9. The quantitative estimate of drug-likeness (QED) is 0.772. The highest BCUT2D eigenvalue weighted by Gasteiger charge is 2.25. The van der Waals surface area contributed by atoms with E-state index < -0.39 is 5.91 Å². The molecule has 1 fully saturated rings. The number of hydrogen-bond donors (Lipinski definition) is 2. The van der Waals surface area contributed by atoms with E-state index >= 15 is 0 Å². The molecule has 2 heterocycles. The Hall–Kier alpha value is -2.64. The molecule has 0 bridgehead atoms. The van der Waals surface area contributed by atoms with E-state index in [1.54, 1.807) is 11.0 Å². The largest absolute Gasteiger partial charge is 0.488 e. The molecule has 0 aliphatic carbocycles. The fourth-order valence-electron chi connectivity index (χ4n) is 2.38. The minimum atomic E-state index is -0.619. The Labute approximate surface area is 134 Å². The summed E-state index contributed by atoms with van der Waals surface area (Å²) in [5, 5.41) is 2.50. The smallest absolute Gasteiger partial charge is 0.267 e. The van der Waals surface area contributed by atoms with E-state index in [0.717, 1.165) is 12.8 Å². The molecule has 124 valence electrons. The summed E-state index contributed by atoms with van der Waals surface area (Å²) in [6.07, 6.45) is 2.90. The second-order valence-electron chi connectivity index (χ2n) is 5.37. The Morgan fingerprint density at radius 1 is 1.48 bits per heavy atom. The third-order valence-corrected chi connectivity index (χ3v) is 3.51. The molecule has 1 aromatic heterocycles. The SMILES string of the molecule is CC(=O)NCC(=O)N1CCCC(Oc2ccnc(C(N)=O)c2)C1. The van der Waals surface area contributed by atoms with Crippen molar-refractivity contribution in [3.05, 3.63) is 24.0 Å². The number of aromatic nitrogens is 1. The van der Waals surface area contributed by atoms with Gasteiger partial charge in [-0.2, -0.15) is 0 Å². The van der Waals surface area contributed by atoms with Gasteiger partial charge in [0.25, 0.3) is 5.91 Å². The fourth-order valence-corrected chi connectivity index (χ4v) is 2.38. The summed E-state index contributed by atoms with van der Waals surface area (Å²) in [5.41, 5.74) is 5.33. The molecular weight excluding hydrogens is 300 g/mol. The molecule has 8 heteroatoms. The summed E-state index contributed by atoms with van der Waals surface area (Å²) >= 11 is 0. The van der Waals surface area contributed by atoms with Gasteiger partial charge in [0, 0.05) is 25.7 Å². The topological polar surface area (TPSA) is 115 Å². The van der Waals surface area contributed by atoms with Crippen LogP contribution in [0.1, 0.15) is 30.3 Å². The van der Waals surface area contributed by atoms with Gasteiger partial charge in [-0.25, -0.2) is 0 Å². The van der Waals surface area contributed by atoms with Crippen LogP contribution >= 0.6 is 0 Å². The van der Waals surface area contributed by atoms with E-state index in [0.29, 0.717) is 18.8 Å². The van der Waals surface area contributed by atoms with Crippen LogP contribution < -0.4 is 15.8 Å². The molecular formula is C15H20N4O4. The molecule has 1 aliphatic heterocycles. The molecule has 3 N–H and O–H groups in total. The van der Waals surface area contributed by atoms with Gasteiger partial charge in [-0.15, -0.1) is 0 Å². The van der Waals surface area contributed by atoms with Crippen LogP contribution in [0.25, 0.3) is 0 Å². The number of pyridine rings is 1. The van der Waals surface area contributed by atoms with Crippen LogP contribution in [0.4, 0.5) is 0 Å². The van der Waals surface area contributed by atoms with E-state index in [4.69, 9.17) is 10.5 Å². The highest BCUT2D eigenvalue weighted by atomic mass is 16.5. The average Bonchev–Trinajstić information content (AvgIpc) is 2.53. The molecule has 0 aromatic carbocycles. The molecule has 1 aromatic rings. The molecule has 1 saturated heterocycles. The van der Waals surface area contributed by atoms with Crippen molar-refractivity contribution >= 4 is 17.7 Å². The number of piperidine rings is 1. The summed E-state index contributed by atoms with van der Waals surface area (Å²) in [5.74, 6) is -0.499. The molecule has 1 atom stereocenters. The van der Waals surface area contributed by atoms with Gasteiger partial charge in [0.15, 0.2) is 0 Å². The minimum absolute atomic E-state index is 0.0108. The van der Waals surface area contributed by atoms with Crippen molar-refractivity contribution in [2.75, 3.05) is 19.6 Å². The summed E-state index contributed by atoms with van der Waals surface area (Å²) in [4.78, 5) is 39.6. The number of nitrogens with two attached hydrogens (primary N) is 1. The van der Waals surface area contributed by atoms with Crippen molar-refractivity contribution in [1.29, 1.82) is 0 Å². The first-order valence-electron chi connectivity index (χ1n) is 7.40. The summed E-state index contributed by atoms with van der Waals surface area (Å²) in [6, 6.07) is 3.13. The van der Waals surface area contributed by atoms with Crippen molar-refractivity contribution < 1.29 is 19.1 Å². The van der Waals surface area contributed by atoms with Crippen molar-refractivity contribution in [3.63, 3.8) is 0 Å². The second kappa shape index (κ2) is 7.57. The maximum Gasteiger partial charge on any atom is 0.267 e. The van der Waals surface area contributed by atoms with Gasteiger partial charge >= 0.3 is 0 Å². The molecule has 1 unspecified atom stereocenters. The second-order valence-corrected chi connectivity index (χ2v) is 5.37. The number of nitrogens with zero attached hydrogens (tertiary/aromatic N) is 2. The van der Waals surface area contributed by atoms with E-state index in [-0.39, 0.29) is 30.2 Å². The van der Waals surface area contributed by atoms with Gasteiger partial charge in [0.2, 0.25) is 11.8 Å². The van der Waals surface area contributed by atoms with Crippen LogP contribution in [0, 0.1) is 0 Å². The monoisotopic (exact) mass is 320 g/mol. The zero-order chi connectivity index (χ0) is 16.8. The molecule has 0 radical (unpaired) electrons. The van der Waals surface area contributed by atoms with Crippen LogP contribution in [0.3, 0.4) is 0 Å². The third-order valence-electron chi connectivity index (χ3n) is 3.51. The van der Waals surface area contributed by atoms with Gasteiger partial charge in [-0.05, 0) is 18.9 Å². The standard InChI is InChI=1S/C15H20N4O4/c1-10(20)18-8-14(21)19-6-2-3-12(9-19)23-11-4-5-17-13(7-11)15(16)22/h4-5,7,12H,2-3,6,8-9H2,1H3,(H2,16,22)(H,18,20). The van der Waals surface area contributed by atoms with Crippen molar-refractivity contribution in [2.45, 2.75) is 25.9 Å². The number of carbonyl (C=O) groups excluding carboxylic acids is 3. The summed E-state index contributed by atoms with van der Waals surface area (Å²) in [6.45, 7) is 2.44. The molecule has 3 amide bonds. The highest BCUT2D eigenvalue weighted by Crippen LogP contribution is 2.18. The predicted molar refractivity (Wildman–Crippen MR) is 81.7 cm³/mol. The number of nitrogens with one attached hydrogen (secondary N) is 1. The van der Waals surface area contributed by atoms with Crippen molar-refractivity contribution in [3.8, 4) is 5.75 Å². The molecule has 0 spiro atoms. The van der Waals surface area contributed by atoms with E-state index in [1.165, 1.54) is 19.2 Å². The van der Waals surface area contributed by atoms with Crippen LogP contribution in [0.2, 0.25) is 0 Å². The third kappa shape index (κ3) is 4.94. The van der Waals surface area contributed by atoms with Crippen LogP contribution in [-0.4, -0.2) is 53.3 Å². The lowest BCUT2D eigenvalue weighted by atomic mass is 10.1. The van der Waals surface area contributed by atoms with Gasteiger partial charge in [0.1, 0.15) is 17.5 Å². The van der Waals surface area contributed by atoms with Crippen LogP contribution in [0.15, 0.2) is 18.3 Å². The Kier molecular flexibility index (Phi) is 5.51. The highest BCUT2D eigenvalue weighted by molar-refractivity contribution is 5.91. The molecule has 23 heavy (non-hydrogen) atoms. The number of rotatable bonds is 5. The first-order valence-corrected chi connectivity index (χ1v) is 7.40. The average molecular weight is 320 g/mol. The normalized spacial score (nSPS) is 17.4. The predicted octanol–water partition coefficient (Wildman–Crippen LogP) is -0.314. The summed E-state index contributed by atoms with van der Waals surface area (Å²) < 4.78 is 5.82. The van der Waals surface area contributed by atoms with Gasteiger partial charge in [-0.1, -0.05) is 0 Å². The lowest BCUT2D eigenvalue weighted by Gasteiger charge is -2.33. The van der Waals surface area contributed by atoms with Gasteiger partial charge in [0.05, 0.1) is 13.1 Å².